The van der Waals surface area contributed by atoms with Gasteiger partial charge < -0.3 is 4.74 Å². The Morgan fingerprint density at radius 1 is 0.788 bits per heavy atom. The normalized spacial score (nSPS) is 17.7. The van der Waals surface area contributed by atoms with Crippen molar-refractivity contribution in [2.45, 2.75) is 52.1 Å². The fraction of sp³-hybridized carbons (Fsp3) is 0.250. The summed E-state index contributed by atoms with van der Waals surface area (Å²) >= 11 is 0. The Balaban J connectivity index is 1.60. The van der Waals surface area contributed by atoms with Crippen LogP contribution in [0.3, 0.4) is 0 Å². The molecule has 1 aliphatic heterocycles. The van der Waals surface area contributed by atoms with E-state index in [1.165, 1.54) is 66.4 Å². The summed E-state index contributed by atoms with van der Waals surface area (Å²) in [5.74, 6) is 1.04. The third-order valence-electron chi connectivity index (χ3n) is 7.97. The van der Waals surface area contributed by atoms with Crippen LogP contribution in [0.25, 0.3) is 39.1 Å². The third kappa shape index (κ3) is 2.43. The highest BCUT2D eigenvalue weighted by atomic mass is 16.5. The van der Waals surface area contributed by atoms with Gasteiger partial charge >= 0.3 is 0 Å². The Morgan fingerprint density at radius 2 is 1.61 bits per heavy atom. The lowest BCUT2D eigenvalue weighted by atomic mass is 9.77. The average molecular weight is 429 g/mol. The largest absolute Gasteiger partial charge is 0.482 e. The van der Waals surface area contributed by atoms with Gasteiger partial charge in [0.25, 0.3) is 0 Å². The predicted octanol–water partition coefficient (Wildman–Crippen LogP) is 8.21. The molecule has 1 heteroatoms. The number of fused-ring (bicyclic) bond motifs is 11. The Hall–Kier alpha value is -3.32. The summed E-state index contributed by atoms with van der Waals surface area (Å²) in [7, 11) is 0. The van der Waals surface area contributed by atoms with Gasteiger partial charge in [-0.2, -0.15) is 0 Å². The van der Waals surface area contributed by atoms with Crippen LogP contribution in [0.15, 0.2) is 60.7 Å². The maximum Gasteiger partial charge on any atom is 0.136 e. The van der Waals surface area contributed by atoms with Crippen LogP contribution in [-0.2, 0) is 11.8 Å². The molecule has 4 aromatic rings. The van der Waals surface area contributed by atoms with Gasteiger partial charge in [-0.05, 0) is 101 Å². The van der Waals surface area contributed by atoms with Crippen molar-refractivity contribution in [2.24, 2.45) is 0 Å². The van der Waals surface area contributed by atoms with Crippen LogP contribution < -0.4 is 4.74 Å². The van der Waals surface area contributed by atoms with Gasteiger partial charge in [0.15, 0.2) is 0 Å². The lowest BCUT2D eigenvalue weighted by Crippen LogP contribution is -2.29. The molecule has 0 saturated carbocycles. The van der Waals surface area contributed by atoms with Crippen molar-refractivity contribution < 1.29 is 4.74 Å². The van der Waals surface area contributed by atoms with Crippen molar-refractivity contribution in [1.29, 1.82) is 0 Å². The molecule has 0 bridgehead atoms. The van der Waals surface area contributed by atoms with Crippen molar-refractivity contribution in [3.63, 3.8) is 0 Å². The van der Waals surface area contributed by atoms with Crippen LogP contribution in [0.5, 0.6) is 5.75 Å². The molecule has 7 rings (SSSR count). The number of aryl methyl sites for hydroxylation is 1. The quantitative estimate of drug-likeness (QED) is 0.241. The molecule has 0 radical (unpaired) electrons. The van der Waals surface area contributed by atoms with Crippen molar-refractivity contribution in [3.05, 3.63) is 94.1 Å². The van der Waals surface area contributed by atoms with Crippen LogP contribution in [0.1, 0.15) is 61.1 Å². The molecule has 0 N–H and O–H groups in total. The molecule has 0 unspecified atom stereocenters. The van der Waals surface area contributed by atoms with Gasteiger partial charge in [-0.3, -0.25) is 0 Å². The number of hydrogen-bond acceptors (Lipinski definition) is 1. The fourth-order valence-corrected chi connectivity index (χ4v) is 6.41. The molecule has 0 amide bonds. The van der Waals surface area contributed by atoms with Gasteiger partial charge in [0.05, 0.1) is 0 Å². The zero-order valence-corrected chi connectivity index (χ0v) is 20.0. The Labute approximate surface area is 195 Å². The highest BCUT2D eigenvalue weighted by Crippen LogP contribution is 2.58. The van der Waals surface area contributed by atoms with E-state index in [4.69, 9.17) is 4.74 Å². The maximum absolute atomic E-state index is 6.64. The van der Waals surface area contributed by atoms with Crippen molar-refractivity contribution in [1.82, 2.24) is 0 Å². The molecule has 0 aromatic heterocycles. The van der Waals surface area contributed by atoms with E-state index in [1.54, 1.807) is 0 Å². The van der Waals surface area contributed by atoms with Gasteiger partial charge in [-0.1, -0.05) is 61.9 Å². The van der Waals surface area contributed by atoms with Crippen LogP contribution in [0.2, 0.25) is 0 Å². The first-order chi connectivity index (χ1) is 15.7. The molecule has 1 heterocycles. The van der Waals surface area contributed by atoms with Gasteiger partial charge in [-0.25, -0.2) is 0 Å². The highest BCUT2D eigenvalue weighted by molar-refractivity contribution is 6.09. The minimum Gasteiger partial charge on any atom is -0.482 e. The molecule has 2 aliphatic carbocycles. The lowest BCUT2D eigenvalue weighted by molar-refractivity contribution is 0.161. The van der Waals surface area contributed by atoms with Gasteiger partial charge in [-0.15, -0.1) is 0 Å². The first-order valence-corrected chi connectivity index (χ1v) is 12.0. The Kier molecular flexibility index (Phi) is 3.47. The van der Waals surface area contributed by atoms with E-state index in [-0.39, 0.29) is 11.0 Å². The number of hydrogen-bond donors (Lipinski definition) is 0. The second-order valence-electron chi connectivity index (χ2n) is 11.1. The topological polar surface area (TPSA) is 9.23 Å². The van der Waals surface area contributed by atoms with Crippen LogP contribution in [0, 0.1) is 6.92 Å². The van der Waals surface area contributed by atoms with E-state index in [9.17, 15) is 0 Å². The Morgan fingerprint density at radius 3 is 2.45 bits per heavy atom. The minimum absolute atomic E-state index is 0.102. The summed E-state index contributed by atoms with van der Waals surface area (Å²) < 4.78 is 6.64. The fourth-order valence-electron chi connectivity index (χ4n) is 6.41. The highest BCUT2D eigenvalue weighted by Gasteiger charge is 2.42. The molecule has 0 saturated heterocycles. The van der Waals surface area contributed by atoms with E-state index in [0.29, 0.717) is 0 Å². The molecular formula is C32H28O. The monoisotopic (exact) mass is 428 g/mol. The molecule has 3 aliphatic rings. The predicted molar refractivity (Wildman–Crippen MR) is 138 cm³/mol. The number of ether oxygens (including phenoxy) is 1. The Bertz CT molecular complexity index is 1560. The maximum atomic E-state index is 6.64. The van der Waals surface area contributed by atoms with Gasteiger partial charge in [0.2, 0.25) is 0 Å². The minimum atomic E-state index is -0.307. The molecule has 33 heavy (non-hydrogen) atoms. The van der Waals surface area contributed by atoms with Gasteiger partial charge in [0, 0.05) is 16.4 Å². The number of rotatable bonds is 0. The molecular weight excluding hydrogens is 400 g/mol. The molecule has 1 nitrogen and oxygen atoms in total. The van der Waals surface area contributed by atoms with Crippen molar-refractivity contribution in [3.8, 4) is 28.0 Å². The molecule has 0 atom stereocenters. The third-order valence-corrected chi connectivity index (χ3v) is 7.97. The van der Waals surface area contributed by atoms with Crippen LogP contribution in [-0.4, -0.2) is 5.60 Å². The van der Waals surface area contributed by atoms with E-state index >= 15 is 0 Å². The molecule has 0 fully saturated rings. The summed E-state index contributed by atoms with van der Waals surface area (Å²) in [5, 5.41) is 2.54. The molecule has 0 spiro atoms. The average Bonchev–Trinajstić information content (AvgIpc) is 3.24. The second-order valence-corrected chi connectivity index (χ2v) is 11.1. The second kappa shape index (κ2) is 5.97. The van der Waals surface area contributed by atoms with E-state index in [2.05, 4.69) is 101 Å². The lowest BCUT2D eigenvalue weighted by Gasteiger charge is -2.33. The smallest absolute Gasteiger partial charge is 0.136 e. The van der Waals surface area contributed by atoms with E-state index in [0.717, 1.165) is 12.2 Å². The zero-order chi connectivity index (χ0) is 22.7. The summed E-state index contributed by atoms with van der Waals surface area (Å²) in [6.45, 7) is 11.2. The summed E-state index contributed by atoms with van der Waals surface area (Å²) in [5.41, 5.74) is 13.5. The first-order valence-electron chi connectivity index (χ1n) is 12.0. The van der Waals surface area contributed by atoms with Crippen LogP contribution >= 0.6 is 0 Å². The van der Waals surface area contributed by atoms with E-state index < -0.39 is 0 Å². The molecule has 162 valence electrons. The van der Waals surface area contributed by atoms with Gasteiger partial charge in [0.1, 0.15) is 11.4 Å². The standard InChI is InChI=1S/C32H28O/c1-18-10-11-22-25(14-18)30-23(12-13-31(2,3)33-30)29-28(22)26-16-20-15-19-8-6-7-9-21(19)24(20)17-27(26)32(29,4)5/h6-14,16-17H,15H2,1-5H3. The first kappa shape index (κ1) is 19.2. The summed E-state index contributed by atoms with van der Waals surface area (Å²) in [4.78, 5) is 0. The zero-order valence-electron chi connectivity index (χ0n) is 20.0. The van der Waals surface area contributed by atoms with Crippen molar-refractivity contribution >= 4 is 16.8 Å². The van der Waals surface area contributed by atoms with Crippen molar-refractivity contribution in [2.75, 3.05) is 0 Å². The van der Waals surface area contributed by atoms with Crippen LogP contribution in [0.4, 0.5) is 0 Å². The molecule has 4 aromatic carbocycles. The summed E-state index contributed by atoms with van der Waals surface area (Å²) in [6.07, 6.45) is 5.55. The van der Waals surface area contributed by atoms with E-state index in [1.807, 2.05) is 0 Å². The number of benzene rings is 4. The SMILES string of the molecule is Cc1ccc2c3c(c4c(c2c1)OC(C)(C)C=C4)C(C)(C)c1cc2c(cc1-3)Cc1ccccc1-2. The summed E-state index contributed by atoms with van der Waals surface area (Å²) in [6, 6.07) is 20.7.